The Bertz CT molecular complexity index is 277. The van der Waals surface area contributed by atoms with Crippen LogP contribution in [0.4, 0.5) is 0 Å². The predicted molar refractivity (Wildman–Crippen MR) is 66.5 cm³/mol. The summed E-state index contributed by atoms with van der Waals surface area (Å²) in [5.74, 6) is 0. The number of hydrogen-bond donors (Lipinski definition) is 2. The van der Waals surface area contributed by atoms with Gasteiger partial charge in [0, 0.05) is 6.54 Å². The van der Waals surface area contributed by atoms with E-state index in [1.807, 2.05) is 6.08 Å². The van der Waals surface area contributed by atoms with E-state index in [2.05, 4.69) is 36.2 Å². The van der Waals surface area contributed by atoms with Gasteiger partial charge in [-0.15, -0.1) is 0 Å². The summed E-state index contributed by atoms with van der Waals surface area (Å²) < 4.78 is 0. The third-order valence-electron chi connectivity index (χ3n) is 2.35. The highest BCUT2D eigenvalue weighted by molar-refractivity contribution is 5.47. The lowest BCUT2D eigenvalue weighted by Gasteiger charge is -2.04. The van der Waals surface area contributed by atoms with Gasteiger partial charge in [-0.05, 0) is 37.1 Å². The number of benzene rings is 1. The van der Waals surface area contributed by atoms with Crippen molar-refractivity contribution in [2.45, 2.75) is 19.4 Å². The molecule has 3 N–H and O–H groups in total. The average molecular weight is 204 g/mol. The van der Waals surface area contributed by atoms with Crippen LogP contribution in [-0.4, -0.2) is 13.1 Å². The maximum Gasteiger partial charge on any atom is 0.0205 e. The first-order chi connectivity index (χ1) is 7.36. The van der Waals surface area contributed by atoms with Crippen LogP contribution < -0.4 is 11.1 Å². The van der Waals surface area contributed by atoms with Crippen LogP contribution in [0, 0.1) is 0 Å². The van der Waals surface area contributed by atoms with Gasteiger partial charge in [0.2, 0.25) is 0 Å². The van der Waals surface area contributed by atoms with E-state index in [0.717, 1.165) is 32.5 Å². The van der Waals surface area contributed by atoms with E-state index in [0.29, 0.717) is 0 Å². The molecule has 1 aromatic carbocycles. The molecule has 2 nitrogen and oxygen atoms in total. The molecule has 0 heterocycles. The van der Waals surface area contributed by atoms with Gasteiger partial charge in [-0.2, -0.15) is 0 Å². The normalized spacial score (nSPS) is 10.2. The Morgan fingerprint density at radius 3 is 2.53 bits per heavy atom. The average Bonchev–Trinajstić information content (AvgIpc) is 2.30. The highest BCUT2D eigenvalue weighted by Gasteiger charge is 1.92. The molecule has 0 saturated carbocycles. The Morgan fingerprint density at radius 2 is 1.93 bits per heavy atom. The lowest BCUT2D eigenvalue weighted by molar-refractivity contribution is 0.627. The molecule has 1 aromatic rings. The highest BCUT2D eigenvalue weighted by atomic mass is 14.8. The maximum atomic E-state index is 5.42. The molecule has 82 valence electrons. The van der Waals surface area contributed by atoms with Gasteiger partial charge < -0.3 is 11.1 Å². The van der Waals surface area contributed by atoms with Crippen molar-refractivity contribution in [1.29, 1.82) is 0 Å². The van der Waals surface area contributed by atoms with Crippen molar-refractivity contribution in [2.75, 3.05) is 13.1 Å². The number of unbranched alkanes of at least 4 members (excludes halogenated alkanes) is 1. The molecule has 0 aliphatic heterocycles. The summed E-state index contributed by atoms with van der Waals surface area (Å²) in [6.45, 7) is 6.49. The van der Waals surface area contributed by atoms with Gasteiger partial charge in [-0.1, -0.05) is 36.9 Å². The van der Waals surface area contributed by atoms with E-state index < -0.39 is 0 Å². The Labute approximate surface area is 92.2 Å². The molecule has 0 fully saturated rings. The second-order valence-electron chi connectivity index (χ2n) is 3.62. The van der Waals surface area contributed by atoms with Gasteiger partial charge in [0.25, 0.3) is 0 Å². The lowest BCUT2D eigenvalue weighted by Crippen LogP contribution is -2.15. The lowest BCUT2D eigenvalue weighted by atomic mass is 10.1. The first-order valence-corrected chi connectivity index (χ1v) is 5.49. The molecule has 1 rings (SSSR count). The molecule has 0 unspecified atom stereocenters. The van der Waals surface area contributed by atoms with Crippen LogP contribution >= 0.6 is 0 Å². The summed E-state index contributed by atoms with van der Waals surface area (Å²) in [4.78, 5) is 0. The predicted octanol–water partition coefficient (Wildman–Crippen LogP) is 2.16. The van der Waals surface area contributed by atoms with E-state index in [1.54, 1.807) is 0 Å². The van der Waals surface area contributed by atoms with Crippen molar-refractivity contribution in [3.05, 3.63) is 42.0 Å². The van der Waals surface area contributed by atoms with E-state index in [4.69, 9.17) is 5.73 Å². The maximum absolute atomic E-state index is 5.42. The first kappa shape index (κ1) is 12.0. The Balaban J connectivity index is 2.22. The fraction of sp³-hybridized carbons (Fsp3) is 0.385. The zero-order chi connectivity index (χ0) is 10.9. The summed E-state index contributed by atoms with van der Waals surface area (Å²) in [5, 5.41) is 3.39. The van der Waals surface area contributed by atoms with Gasteiger partial charge in [-0.3, -0.25) is 0 Å². The van der Waals surface area contributed by atoms with Crippen molar-refractivity contribution in [3.63, 3.8) is 0 Å². The molecule has 0 aromatic heterocycles. The van der Waals surface area contributed by atoms with E-state index in [9.17, 15) is 0 Å². The van der Waals surface area contributed by atoms with E-state index >= 15 is 0 Å². The topological polar surface area (TPSA) is 38.0 Å². The summed E-state index contributed by atoms with van der Waals surface area (Å²) in [6.07, 6.45) is 4.11. The first-order valence-electron chi connectivity index (χ1n) is 5.49. The standard InChI is InChI=1S/C13H20N2/c1-2-12-5-7-13(8-6-12)11-15-10-4-3-9-14/h2,5-8,15H,1,3-4,9-11,14H2. The Kier molecular flexibility index (Phi) is 5.74. The number of nitrogens with one attached hydrogen (secondary N) is 1. The summed E-state index contributed by atoms with van der Waals surface area (Å²) >= 11 is 0. The van der Waals surface area contributed by atoms with Crippen LogP contribution in [0.1, 0.15) is 24.0 Å². The van der Waals surface area contributed by atoms with Crippen LogP contribution in [-0.2, 0) is 6.54 Å². The van der Waals surface area contributed by atoms with Gasteiger partial charge in [-0.25, -0.2) is 0 Å². The van der Waals surface area contributed by atoms with Gasteiger partial charge in [0.15, 0.2) is 0 Å². The molecule has 0 bridgehead atoms. The molecule has 0 aliphatic rings. The molecule has 0 saturated heterocycles. The number of hydrogen-bond acceptors (Lipinski definition) is 2. The van der Waals surface area contributed by atoms with Crippen molar-refractivity contribution < 1.29 is 0 Å². The zero-order valence-electron chi connectivity index (χ0n) is 9.21. The molecule has 0 spiro atoms. The third kappa shape index (κ3) is 4.77. The Hall–Kier alpha value is -1.12. The molecule has 15 heavy (non-hydrogen) atoms. The summed E-state index contributed by atoms with van der Waals surface area (Å²) in [6, 6.07) is 8.44. The fourth-order valence-electron chi connectivity index (χ4n) is 1.40. The van der Waals surface area contributed by atoms with Crippen molar-refractivity contribution >= 4 is 6.08 Å². The van der Waals surface area contributed by atoms with Crippen molar-refractivity contribution in [3.8, 4) is 0 Å². The van der Waals surface area contributed by atoms with E-state index in [1.165, 1.54) is 11.1 Å². The molecule has 0 amide bonds. The van der Waals surface area contributed by atoms with E-state index in [-0.39, 0.29) is 0 Å². The zero-order valence-corrected chi connectivity index (χ0v) is 9.21. The fourth-order valence-corrected chi connectivity index (χ4v) is 1.40. The minimum Gasteiger partial charge on any atom is -0.330 e. The van der Waals surface area contributed by atoms with Crippen LogP contribution in [0.2, 0.25) is 0 Å². The van der Waals surface area contributed by atoms with Crippen molar-refractivity contribution in [1.82, 2.24) is 5.32 Å². The second-order valence-corrected chi connectivity index (χ2v) is 3.62. The number of rotatable bonds is 7. The molecule has 2 heteroatoms. The smallest absolute Gasteiger partial charge is 0.0205 e. The minimum absolute atomic E-state index is 0.787. The van der Waals surface area contributed by atoms with Gasteiger partial charge in [0.1, 0.15) is 0 Å². The molecule has 0 radical (unpaired) electrons. The Morgan fingerprint density at radius 1 is 1.20 bits per heavy atom. The van der Waals surface area contributed by atoms with Gasteiger partial charge in [0.05, 0.1) is 0 Å². The third-order valence-corrected chi connectivity index (χ3v) is 2.35. The molecular formula is C13H20N2. The summed E-state index contributed by atoms with van der Waals surface area (Å²) in [5.41, 5.74) is 7.90. The van der Waals surface area contributed by atoms with Crippen LogP contribution in [0.15, 0.2) is 30.8 Å². The quantitative estimate of drug-likeness (QED) is 0.668. The van der Waals surface area contributed by atoms with Crippen LogP contribution in [0.3, 0.4) is 0 Å². The molecule has 0 aliphatic carbocycles. The monoisotopic (exact) mass is 204 g/mol. The highest BCUT2D eigenvalue weighted by Crippen LogP contribution is 2.04. The number of nitrogens with two attached hydrogens (primary N) is 1. The van der Waals surface area contributed by atoms with Crippen molar-refractivity contribution in [2.24, 2.45) is 5.73 Å². The van der Waals surface area contributed by atoms with Crippen LogP contribution in [0.5, 0.6) is 0 Å². The SMILES string of the molecule is C=Cc1ccc(CNCCCCN)cc1. The van der Waals surface area contributed by atoms with Crippen LogP contribution in [0.25, 0.3) is 6.08 Å². The second kappa shape index (κ2) is 7.21. The minimum atomic E-state index is 0.787. The molecular weight excluding hydrogens is 184 g/mol. The summed E-state index contributed by atoms with van der Waals surface area (Å²) in [7, 11) is 0. The largest absolute Gasteiger partial charge is 0.330 e. The van der Waals surface area contributed by atoms with Gasteiger partial charge >= 0.3 is 0 Å². The molecule has 0 atom stereocenters.